The molecule has 19 nitrogen and oxygen atoms in total. The number of nitrogens with one attached hydrogen (secondary N) is 1. The largest absolute Gasteiger partial charge is 0.394 e. The van der Waals surface area contributed by atoms with Crippen LogP contribution in [0.1, 0.15) is 367 Å². The van der Waals surface area contributed by atoms with Crippen molar-refractivity contribution in [1.29, 1.82) is 0 Å². The first-order valence-electron chi connectivity index (χ1n) is 44.5. The molecule has 17 unspecified atom stereocenters. The standard InChI is InChI=1S/C89H163NO18/c1-3-5-7-9-11-13-15-17-19-21-23-25-27-29-31-33-34-35-36-37-38-39-41-43-45-47-49-51-53-55-57-59-61-63-65-67-77(95)90-72(73(94)66-64-62-60-58-56-54-52-50-48-46-44-42-40-32-30-28-26-24-22-20-18-16-14-12-10-8-6-4-2)71-103-87-83(101)80(98)85(75(69-92)105-87)108-89-84(102)81(99)86(76(70-93)106-89)107-88-82(100)79(97)78(96)74(68-91)104-88/h5,7,11,13,17,19,23,25,64,66,72-76,78-89,91-94,96-102H,3-4,6,8-10,12,14-16,18,20-22,24,26-63,65,67-71H2,1-2H3,(H,90,95)/b7-5-,13-11-,19-17-,25-23-,66-64+. The number of carbonyl (C=O) groups is 1. The Morgan fingerprint density at radius 1 is 0.343 bits per heavy atom. The number of allylic oxidation sites excluding steroid dienone is 9. The number of hydrogen-bond donors (Lipinski definition) is 12. The number of hydrogen-bond acceptors (Lipinski definition) is 18. The molecule has 108 heavy (non-hydrogen) atoms. The van der Waals surface area contributed by atoms with Gasteiger partial charge in [0, 0.05) is 6.42 Å². The minimum Gasteiger partial charge on any atom is -0.394 e. The average Bonchev–Trinajstić information content (AvgIpc) is 0.774. The lowest BCUT2D eigenvalue weighted by Crippen LogP contribution is -2.66. The molecule has 3 fully saturated rings. The Labute approximate surface area is 656 Å². The van der Waals surface area contributed by atoms with Crippen molar-refractivity contribution in [2.75, 3.05) is 26.4 Å². The average molecular weight is 1540 g/mol. The fourth-order valence-corrected chi connectivity index (χ4v) is 15.0. The molecule has 632 valence electrons. The highest BCUT2D eigenvalue weighted by Crippen LogP contribution is 2.34. The van der Waals surface area contributed by atoms with Gasteiger partial charge in [0.05, 0.1) is 38.6 Å². The van der Waals surface area contributed by atoms with Gasteiger partial charge in [0.2, 0.25) is 5.91 Å². The van der Waals surface area contributed by atoms with Crippen molar-refractivity contribution in [2.24, 2.45) is 0 Å². The summed E-state index contributed by atoms with van der Waals surface area (Å²) in [5.74, 6) is -0.269. The lowest BCUT2D eigenvalue weighted by molar-refractivity contribution is -0.379. The van der Waals surface area contributed by atoms with Crippen molar-refractivity contribution in [3.05, 3.63) is 60.8 Å². The molecule has 17 atom stereocenters. The van der Waals surface area contributed by atoms with Gasteiger partial charge in [0.25, 0.3) is 0 Å². The van der Waals surface area contributed by atoms with E-state index in [0.717, 1.165) is 70.6 Å². The topological polar surface area (TPSA) is 307 Å². The molecule has 1 amide bonds. The molecule has 12 N–H and O–H groups in total. The van der Waals surface area contributed by atoms with E-state index in [-0.39, 0.29) is 18.9 Å². The molecule has 0 aliphatic carbocycles. The van der Waals surface area contributed by atoms with Crippen LogP contribution in [0.2, 0.25) is 0 Å². The molecule has 3 rings (SSSR count). The van der Waals surface area contributed by atoms with E-state index in [1.807, 2.05) is 6.08 Å². The maximum atomic E-state index is 13.5. The number of unbranched alkanes of at least 4 members (excludes halogenated alkanes) is 48. The Bertz CT molecular complexity index is 2180. The second kappa shape index (κ2) is 68.9. The molecule has 0 saturated carbocycles. The van der Waals surface area contributed by atoms with E-state index in [1.165, 1.54) is 270 Å². The maximum absolute atomic E-state index is 13.5. The Morgan fingerprint density at radius 2 is 0.639 bits per heavy atom. The van der Waals surface area contributed by atoms with Crippen LogP contribution in [0.5, 0.6) is 0 Å². The summed E-state index contributed by atoms with van der Waals surface area (Å²) >= 11 is 0. The van der Waals surface area contributed by atoms with Crippen LogP contribution in [-0.2, 0) is 33.2 Å². The van der Waals surface area contributed by atoms with Gasteiger partial charge in [0.15, 0.2) is 18.9 Å². The highest BCUT2D eigenvalue weighted by molar-refractivity contribution is 5.76. The molecular weight excluding hydrogens is 1370 g/mol. The highest BCUT2D eigenvalue weighted by Gasteiger charge is 2.54. The van der Waals surface area contributed by atoms with Crippen LogP contribution in [0, 0.1) is 0 Å². The van der Waals surface area contributed by atoms with Crippen molar-refractivity contribution in [2.45, 2.75) is 471 Å². The number of carbonyl (C=O) groups excluding carboxylic acids is 1. The minimum absolute atomic E-state index is 0.246. The van der Waals surface area contributed by atoms with Gasteiger partial charge in [-0.3, -0.25) is 4.79 Å². The van der Waals surface area contributed by atoms with Gasteiger partial charge in [0.1, 0.15) is 73.2 Å². The SMILES string of the molecule is CC/C=C\C/C=C\C/C=C\C/C=C\CCCCCCCCCCCCCCCCCCCCCCCCC(=O)NC(COC1OC(CO)C(OC2OC(CO)C(OC3OC(CO)C(O)C(O)C3O)C(O)C2O)C(O)C1O)C(O)/C=C/CCCCCCCCCCCCCCCCCCCCCCCCCCCC. The summed E-state index contributed by atoms with van der Waals surface area (Å²) in [6.07, 6.45) is 63.7. The van der Waals surface area contributed by atoms with E-state index in [0.29, 0.717) is 6.42 Å². The Balaban J connectivity index is 1.33. The molecule has 3 saturated heterocycles. The van der Waals surface area contributed by atoms with Gasteiger partial charge in [-0.2, -0.15) is 0 Å². The zero-order valence-electron chi connectivity index (χ0n) is 68.1. The molecule has 0 aromatic heterocycles. The van der Waals surface area contributed by atoms with E-state index < -0.39 is 124 Å². The summed E-state index contributed by atoms with van der Waals surface area (Å²) in [4.78, 5) is 13.5. The number of amides is 1. The smallest absolute Gasteiger partial charge is 0.220 e. The fraction of sp³-hybridized carbons (Fsp3) is 0.876. The van der Waals surface area contributed by atoms with E-state index in [1.54, 1.807) is 6.08 Å². The Hall–Kier alpha value is -2.51. The summed E-state index contributed by atoms with van der Waals surface area (Å²) in [5.41, 5.74) is 0. The molecule has 0 aromatic carbocycles. The van der Waals surface area contributed by atoms with Crippen molar-refractivity contribution < 1.29 is 89.4 Å². The summed E-state index contributed by atoms with van der Waals surface area (Å²) in [5, 5.41) is 121. The highest BCUT2D eigenvalue weighted by atomic mass is 16.8. The van der Waals surface area contributed by atoms with Crippen LogP contribution in [0.3, 0.4) is 0 Å². The lowest BCUT2D eigenvalue weighted by Gasteiger charge is -2.48. The van der Waals surface area contributed by atoms with Crippen LogP contribution in [0.25, 0.3) is 0 Å². The predicted molar refractivity (Wildman–Crippen MR) is 434 cm³/mol. The van der Waals surface area contributed by atoms with E-state index in [4.69, 9.17) is 28.4 Å². The monoisotopic (exact) mass is 1530 g/mol. The number of rotatable bonds is 72. The first-order valence-corrected chi connectivity index (χ1v) is 44.5. The second-order valence-electron chi connectivity index (χ2n) is 31.7. The van der Waals surface area contributed by atoms with Crippen molar-refractivity contribution in [3.8, 4) is 0 Å². The molecule has 3 aliphatic rings. The van der Waals surface area contributed by atoms with Crippen LogP contribution in [0.4, 0.5) is 0 Å². The number of aliphatic hydroxyl groups excluding tert-OH is 11. The van der Waals surface area contributed by atoms with Gasteiger partial charge in [-0.05, 0) is 57.8 Å². The number of aliphatic hydroxyl groups is 11. The van der Waals surface area contributed by atoms with E-state index in [2.05, 4.69) is 67.8 Å². The zero-order valence-corrected chi connectivity index (χ0v) is 68.1. The Kier molecular flexibility index (Phi) is 63.6. The quantitative estimate of drug-likeness (QED) is 0.0199. The summed E-state index contributed by atoms with van der Waals surface area (Å²) in [7, 11) is 0. The lowest BCUT2D eigenvalue weighted by atomic mass is 9.96. The minimum atomic E-state index is -1.98. The molecular formula is C89H163NO18. The molecule has 0 aromatic rings. The second-order valence-corrected chi connectivity index (χ2v) is 31.7. The van der Waals surface area contributed by atoms with E-state index in [9.17, 15) is 61.0 Å². The van der Waals surface area contributed by atoms with Crippen molar-refractivity contribution >= 4 is 5.91 Å². The third kappa shape index (κ3) is 47.4. The molecule has 3 aliphatic heterocycles. The van der Waals surface area contributed by atoms with Crippen LogP contribution in [0.15, 0.2) is 60.8 Å². The van der Waals surface area contributed by atoms with E-state index >= 15 is 0 Å². The normalized spacial score (nSPS) is 25.7. The van der Waals surface area contributed by atoms with Gasteiger partial charge in [-0.15, -0.1) is 0 Å². The maximum Gasteiger partial charge on any atom is 0.220 e. The summed E-state index contributed by atoms with van der Waals surface area (Å²) < 4.78 is 34.5. The first kappa shape index (κ1) is 99.7. The van der Waals surface area contributed by atoms with Gasteiger partial charge < -0.3 is 89.9 Å². The molecule has 0 spiro atoms. The van der Waals surface area contributed by atoms with Crippen LogP contribution >= 0.6 is 0 Å². The number of ether oxygens (including phenoxy) is 6. The van der Waals surface area contributed by atoms with Crippen molar-refractivity contribution in [3.63, 3.8) is 0 Å². The Morgan fingerprint density at radius 3 is 1.00 bits per heavy atom. The molecule has 19 heteroatoms. The van der Waals surface area contributed by atoms with Crippen LogP contribution < -0.4 is 5.32 Å². The molecule has 0 bridgehead atoms. The third-order valence-electron chi connectivity index (χ3n) is 22.1. The van der Waals surface area contributed by atoms with Gasteiger partial charge in [-0.25, -0.2) is 0 Å². The van der Waals surface area contributed by atoms with Crippen molar-refractivity contribution in [1.82, 2.24) is 5.32 Å². The first-order chi connectivity index (χ1) is 52.8. The zero-order chi connectivity index (χ0) is 78.1. The van der Waals surface area contributed by atoms with Crippen LogP contribution in [-0.4, -0.2) is 193 Å². The molecule has 0 radical (unpaired) electrons. The predicted octanol–water partition coefficient (Wildman–Crippen LogP) is 16.6. The third-order valence-corrected chi connectivity index (χ3v) is 22.1. The van der Waals surface area contributed by atoms with Gasteiger partial charge >= 0.3 is 0 Å². The van der Waals surface area contributed by atoms with Gasteiger partial charge in [-0.1, -0.05) is 364 Å². The summed E-state index contributed by atoms with van der Waals surface area (Å²) in [6.45, 7) is 1.68. The summed E-state index contributed by atoms with van der Waals surface area (Å²) in [6, 6.07) is -0.975. The molecule has 3 heterocycles. The fourth-order valence-electron chi connectivity index (χ4n) is 15.0.